The SMILES string of the molecule is Cc1cn([C@@H]2C[C@H](O)[C@@H](CO)O2)c(=O)n(CCCCCC[19F])c1=O. The van der Waals surface area contributed by atoms with E-state index in [0.29, 0.717) is 18.4 Å². The van der Waals surface area contributed by atoms with Gasteiger partial charge in [0.2, 0.25) is 0 Å². The molecular formula is C16H25FN2O5. The van der Waals surface area contributed by atoms with Crippen molar-refractivity contribution in [1.29, 1.82) is 0 Å². The van der Waals surface area contributed by atoms with Gasteiger partial charge in [-0.2, -0.15) is 0 Å². The lowest BCUT2D eigenvalue weighted by atomic mass is 10.2. The number of rotatable bonds is 8. The summed E-state index contributed by atoms with van der Waals surface area (Å²) in [6, 6.07) is 0. The van der Waals surface area contributed by atoms with Crippen molar-refractivity contribution in [2.24, 2.45) is 0 Å². The van der Waals surface area contributed by atoms with Gasteiger partial charge in [-0.1, -0.05) is 12.8 Å². The van der Waals surface area contributed by atoms with Crippen molar-refractivity contribution in [3.8, 4) is 0 Å². The number of alkyl halides is 1. The van der Waals surface area contributed by atoms with Crippen molar-refractivity contribution in [3.05, 3.63) is 32.6 Å². The van der Waals surface area contributed by atoms with E-state index in [4.69, 9.17) is 9.84 Å². The molecule has 7 nitrogen and oxygen atoms in total. The summed E-state index contributed by atoms with van der Waals surface area (Å²) in [4.78, 5) is 24.8. The molecule has 0 aliphatic carbocycles. The van der Waals surface area contributed by atoms with Crippen LogP contribution in [0.2, 0.25) is 0 Å². The molecule has 0 saturated carbocycles. The smallest absolute Gasteiger partial charge is 0.333 e. The molecule has 0 unspecified atom stereocenters. The molecule has 136 valence electrons. The van der Waals surface area contributed by atoms with Crippen LogP contribution < -0.4 is 11.2 Å². The number of aliphatic hydroxyl groups excluding tert-OH is 2. The quantitative estimate of drug-likeness (QED) is 0.670. The fourth-order valence-electron chi connectivity index (χ4n) is 2.93. The van der Waals surface area contributed by atoms with Crippen LogP contribution in [0.15, 0.2) is 15.8 Å². The summed E-state index contributed by atoms with van der Waals surface area (Å²) in [5.41, 5.74) is -0.435. The molecule has 1 aliphatic heterocycles. The summed E-state index contributed by atoms with van der Waals surface area (Å²) in [7, 11) is 0. The summed E-state index contributed by atoms with van der Waals surface area (Å²) in [6.07, 6.45) is 1.89. The highest BCUT2D eigenvalue weighted by atomic mass is 19.1. The van der Waals surface area contributed by atoms with Gasteiger partial charge >= 0.3 is 5.69 Å². The highest BCUT2D eigenvalue weighted by Crippen LogP contribution is 2.27. The summed E-state index contributed by atoms with van der Waals surface area (Å²) >= 11 is 0. The zero-order valence-electron chi connectivity index (χ0n) is 13.9. The monoisotopic (exact) mass is 344 g/mol. The van der Waals surface area contributed by atoms with E-state index >= 15 is 0 Å². The van der Waals surface area contributed by atoms with E-state index in [9.17, 15) is 19.1 Å². The van der Waals surface area contributed by atoms with Crippen LogP contribution in [0, 0.1) is 6.92 Å². The Hall–Kier alpha value is -1.51. The fraction of sp³-hybridized carbons (Fsp3) is 0.750. The van der Waals surface area contributed by atoms with Gasteiger partial charge in [-0.15, -0.1) is 0 Å². The van der Waals surface area contributed by atoms with Gasteiger partial charge in [0.1, 0.15) is 12.3 Å². The van der Waals surface area contributed by atoms with E-state index in [-0.39, 0.29) is 31.8 Å². The maximum absolute atomic E-state index is 12.6. The number of aryl methyl sites for hydroxylation is 1. The largest absolute Gasteiger partial charge is 0.394 e. The van der Waals surface area contributed by atoms with E-state index in [1.165, 1.54) is 10.8 Å². The van der Waals surface area contributed by atoms with Crippen LogP contribution in [-0.4, -0.2) is 44.8 Å². The van der Waals surface area contributed by atoms with Crippen LogP contribution in [0.4, 0.5) is 4.39 Å². The Bertz CT molecular complexity index is 657. The van der Waals surface area contributed by atoms with E-state index in [1.54, 1.807) is 6.92 Å². The molecule has 1 saturated heterocycles. The summed E-state index contributed by atoms with van der Waals surface area (Å²) < 4.78 is 20.0. The van der Waals surface area contributed by atoms with E-state index in [2.05, 4.69) is 0 Å². The molecule has 0 amide bonds. The molecule has 1 fully saturated rings. The lowest BCUT2D eigenvalue weighted by Gasteiger charge is -2.17. The Morgan fingerprint density at radius 2 is 2.00 bits per heavy atom. The van der Waals surface area contributed by atoms with Crippen molar-refractivity contribution in [2.75, 3.05) is 13.3 Å². The highest BCUT2D eigenvalue weighted by Gasteiger charge is 2.35. The Morgan fingerprint density at radius 1 is 1.29 bits per heavy atom. The zero-order chi connectivity index (χ0) is 17.7. The van der Waals surface area contributed by atoms with Gasteiger partial charge in [-0.05, 0) is 19.8 Å². The minimum absolute atomic E-state index is 0.180. The van der Waals surface area contributed by atoms with E-state index in [0.717, 1.165) is 17.4 Å². The number of ether oxygens (including phenoxy) is 1. The lowest BCUT2D eigenvalue weighted by Crippen LogP contribution is -2.42. The number of aromatic nitrogens is 2. The van der Waals surface area contributed by atoms with E-state index < -0.39 is 24.1 Å². The van der Waals surface area contributed by atoms with Gasteiger partial charge in [-0.3, -0.25) is 18.3 Å². The van der Waals surface area contributed by atoms with Gasteiger partial charge in [0, 0.05) is 24.7 Å². The molecule has 24 heavy (non-hydrogen) atoms. The minimum Gasteiger partial charge on any atom is -0.394 e. The molecule has 0 radical (unpaired) electrons. The first-order chi connectivity index (χ1) is 11.5. The van der Waals surface area contributed by atoms with Crippen molar-refractivity contribution >= 4 is 0 Å². The first-order valence-corrected chi connectivity index (χ1v) is 8.32. The average molecular weight is 344 g/mol. The van der Waals surface area contributed by atoms with Crippen LogP contribution in [0.25, 0.3) is 0 Å². The van der Waals surface area contributed by atoms with Gasteiger partial charge in [-0.25, -0.2) is 4.79 Å². The minimum atomic E-state index is -0.853. The molecule has 1 aromatic rings. The Labute approximate surface area is 139 Å². The second kappa shape index (κ2) is 8.55. The number of hydrogen-bond acceptors (Lipinski definition) is 5. The predicted octanol–water partition coefficient (Wildman–Crippen LogP) is 0.489. The molecule has 2 rings (SSSR count). The molecule has 2 heterocycles. The third-order valence-electron chi connectivity index (χ3n) is 4.33. The van der Waals surface area contributed by atoms with Crippen molar-refractivity contribution in [2.45, 2.75) is 64.0 Å². The predicted molar refractivity (Wildman–Crippen MR) is 85.8 cm³/mol. The maximum atomic E-state index is 12.6. The Balaban J connectivity index is 2.19. The van der Waals surface area contributed by atoms with Gasteiger partial charge in [0.05, 0.1) is 19.4 Å². The maximum Gasteiger partial charge on any atom is 0.333 e. The summed E-state index contributed by atoms with van der Waals surface area (Å²) in [5.74, 6) is 0. The van der Waals surface area contributed by atoms with Crippen LogP contribution in [0.5, 0.6) is 0 Å². The first kappa shape index (κ1) is 18.8. The standard InChI is InChI=1S/C16H25FN2O5/c1-11-9-19(14-8-12(21)13(10-20)24-14)16(23)18(15(11)22)7-5-3-2-4-6-17/h9,12-14,20-21H,2-8,10H2,1H3/t12-,13+,14-/m0/s1/i17+0. The molecular weight excluding hydrogens is 319 g/mol. The number of nitrogens with zero attached hydrogens (tertiary/aromatic N) is 2. The molecule has 1 aliphatic rings. The lowest BCUT2D eigenvalue weighted by molar-refractivity contribution is -0.0464. The number of aliphatic hydroxyl groups is 2. The molecule has 1 aromatic heterocycles. The van der Waals surface area contributed by atoms with Crippen LogP contribution in [-0.2, 0) is 11.3 Å². The molecule has 0 aromatic carbocycles. The van der Waals surface area contributed by atoms with Crippen molar-refractivity contribution in [3.63, 3.8) is 0 Å². The topological polar surface area (TPSA) is 93.7 Å². The molecule has 0 bridgehead atoms. The summed E-state index contributed by atoms with van der Waals surface area (Å²) in [6.45, 7) is 1.20. The molecule has 8 heteroatoms. The average Bonchev–Trinajstić information content (AvgIpc) is 2.94. The van der Waals surface area contributed by atoms with Gasteiger partial charge in [0.15, 0.2) is 0 Å². The highest BCUT2D eigenvalue weighted by molar-refractivity contribution is 5.04. The van der Waals surface area contributed by atoms with Gasteiger partial charge < -0.3 is 14.9 Å². The zero-order valence-corrected chi connectivity index (χ0v) is 13.9. The molecule has 2 N–H and O–H groups in total. The van der Waals surface area contributed by atoms with Crippen LogP contribution in [0.3, 0.4) is 0 Å². The third-order valence-corrected chi connectivity index (χ3v) is 4.33. The molecule has 3 atom stereocenters. The number of halogens is 1. The molecule has 0 spiro atoms. The van der Waals surface area contributed by atoms with Crippen LogP contribution in [0.1, 0.15) is 43.9 Å². The Morgan fingerprint density at radius 3 is 2.62 bits per heavy atom. The van der Waals surface area contributed by atoms with Crippen molar-refractivity contribution in [1.82, 2.24) is 9.13 Å². The second-order valence-corrected chi connectivity index (χ2v) is 6.18. The van der Waals surface area contributed by atoms with Crippen LogP contribution >= 0.6 is 0 Å². The normalized spacial score (nSPS) is 23.8. The third kappa shape index (κ3) is 4.12. The first-order valence-electron chi connectivity index (χ1n) is 8.32. The second-order valence-electron chi connectivity index (χ2n) is 6.18. The number of hydrogen-bond donors (Lipinski definition) is 2. The van der Waals surface area contributed by atoms with Crippen molar-refractivity contribution < 1.29 is 19.3 Å². The fourth-order valence-corrected chi connectivity index (χ4v) is 2.93. The van der Waals surface area contributed by atoms with Gasteiger partial charge in [0.25, 0.3) is 5.56 Å². The summed E-state index contributed by atoms with van der Waals surface area (Å²) in [5, 5.41) is 19.0. The van der Waals surface area contributed by atoms with E-state index in [1.807, 2.05) is 0 Å². The number of unbranched alkanes of at least 4 members (excludes halogenated alkanes) is 3. The Kier molecular flexibility index (Phi) is 6.70.